The highest BCUT2D eigenvalue weighted by molar-refractivity contribution is 5.94. The number of hydrogen-bond donors (Lipinski definition) is 4. The molecule has 0 saturated carbocycles. The van der Waals surface area contributed by atoms with Gasteiger partial charge in [0.1, 0.15) is 30.0 Å². The monoisotopic (exact) mass is 459 g/mol. The van der Waals surface area contributed by atoms with Crippen LogP contribution in [0.25, 0.3) is 11.3 Å². The van der Waals surface area contributed by atoms with Crippen molar-refractivity contribution in [2.45, 2.75) is 12.8 Å². The van der Waals surface area contributed by atoms with Crippen molar-refractivity contribution in [3.63, 3.8) is 0 Å². The fourth-order valence-electron chi connectivity index (χ4n) is 3.39. The van der Waals surface area contributed by atoms with Crippen LogP contribution in [0.15, 0.2) is 55.2 Å². The Morgan fingerprint density at radius 3 is 2.65 bits per heavy atom. The number of benzene rings is 1. The van der Waals surface area contributed by atoms with Crippen molar-refractivity contribution < 1.29 is 9.53 Å². The van der Waals surface area contributed by atoms with Crippen molar-refractivity contribution in [2.24, 2.45) is 0 Å². The minimum absolute atomic E-state index is 0.107. The van der Waals surface area contributed by atoms with E-state index in [4.69, 9.17) is 4.74 Å². The molecule has 4 N–H and O–H groups in total. The average Bonchev–Trinajstić information content (AvgIpc) is 3.40. The van der Waals surface area contributed by atoms with E-state index in [1.807, 2.05) is 24.3 Å². The van der Waals surface area contributed by atoms with Crippen LogP contribution in [-0.4, -0.2) is 56.7 Å². The molecule has 0 spiro atoms. The number of pyridine rings is 1. The number of rotatable bonds is 9. The lowest BCUT2D eigenvalue weighted by Gasteiger charge is -2.17. The van der Waals surface area contributed by atoms with E-state index in [9.17, 15) is 4.79 Å². The summed E-state index contributed by atoms with van der Waals surface area (Å²) in [7, 11) is 3.20. The molecule has 34 heavy (non-hydrogen) atoms. The maximum Gasteiger partial charge on any atom is 0.251 e. The Kier molecular flexibility index (Phi) is 6.92. The first-order valence-electron chi connectivity index (χ1n) is 10.6. The molecule has 3 aromatic heterocycles. The first kappa shape index (κ1) is 22.6. The van der Waals surface area contributed by atoms with E-state index in [1.54, 1.807) is 32.5 Å². The molecule has 0 unspecified atom stereocenters. The topological polar surface area (TPSA) is 143 Å². The Morgan fingerprint density at radius 1 is 1.06 bits per heavy atom. The van der Waals surface area contributed by atoms with Gasteiger partial charge in [0.15, 0.2) is 0 Å². The second-order valence-electron chi connectivity index (χ2n) is 7.50. The third-order valence-electron chi connectivity index (χ3n) is 5.23. The number of anilines is 3. The molecule has 174 valence electrons. The van der Waals surface area contributed by atoms with E-state index in [0.717, 1.165) is 16.8 Å². The van der Waals surface area contributed by atoms with E-state index in [0.29, 0.717) is 35.4 Å². The van der Waals surface area contributed by atoms with Gasteiger partial charge in [0, 0.05) is 42.9 Å². The van der Waals surface area contributed by atoms with Crippen molar-refractivity contribution in [3.05, 3.63) is 66.4 Å². The molecule has 1 aromatic carbocycles. The summed E-state index contributed by atoms with van der Waals surface area (Å²) < 4.78 is 5.52. The van der Waals surface area contributed by atoms with Gasteiger partial charge in [-0.3, -0.25) is 4.79 Å². The number of carbonyl (C=O) groups excluding carboxylic acids is 1. The maximum atomic E-state index is 11.9. The highest BCUT2D eigenvalue weighted by Crippen LogP contribution is 2.28. The van der Waals surface area contributed by atoms with E-state index in [1.165, 1.54) is 12.7 Å². The van der Waals surface area contributed by atoms with Crippen LogP contribution in [-0.2, 0) is 0 Å². The summed E-state index contributed by atoms with van der Waals surface area (Å²) in [6.07, 6.45) is 4.66. The first-order chi connectivity index (χ1) is 16.6. The Bertz CT molecular complexity index is 1240. The molecule has 0 radical (unpaired) electrons. The predicted molar refractivity (Wildman–Crippen MR) is 128 cm³/mol. The molecule has 0 aliphatic rings. The molecule has 1 atom stereocenters. The van der Waals surface area contributed by atoms with Gasteiger partial charge in [0.25, 0.3) is 5.91 Å². The molecular weight excluding hydrogens is 434 g/mol. The first-order valence-corrected chi connectivity index (χ1v) is 10.6. The molecule has 4 rings (SSSR count). The molecule has 4 aromatic rings. The highest BCUT2D eigenvalue weighted by Gasteiger charge is 2.15. The normalized spacial score (nSPS) is 11.5. The molecule has 3 heterocycles. The summed E-state index contributed by atoms with van der Waals surface area (Å²) in [5.41, 5.74) is 3.15. The number of nitrogens with one attached hydrogen (secondary N) is 4. The van der Waals surface area contributed by atoms with Crippen LogP contribution < -0.4 is 20.7 Å². The predicted octanol–water partition coefficient (Wildman–Crippen LogP) is 2.98. The molecular formula is C23H25N9O2. The van der Waals surface area contributed by atoms with Crippen LogP contribution >= 0.6 is 0 Å². The zero-order valence-electron chi connectivity index (χ0n) is 19.0. The van der Waals surface area contributed by atoms with E-state index < -0.39 is 0 Å². The molecule has 0 fully saturated rings. The van der Waals surface area contributed by atoms with E-state index in [-0.39, 0.29) is 11.8 Å². The minimum atomic E-state index is -0.152. The van der Waals surface area contributed by atoms with Crippen LogP contribution in [0.4, 0.5) is 17.6 Å². The molecule has 11 nitrogen and oxygen atoms in total. The van der Waals surface area contributed by atoms with Crippen molar-refractivity contribution in [1.82, 2.24) is 35.5 Å². The summed E-state index contributed by atoms with van der Waals surface area (Å²) in [4.78, 5) is 29.0. The third kappa shape index (κ3) is 5.26. The number of aromatic nitrogens is 6. The van der Waals surface area contributed by atoms with Crippen molar-refractivity contribution >= 4 is 23.5 Å². The van der Waals surface area contributed by atoms with E-state index >= 15 is 0 Å². The second kappa shape index (κ2) is 10.4. The average molecular weight is 460 g/mol. The Morgan fingerprint density at radius 2 is 1.94 bits per heavy atom. The fourth-order valence-corrected chi connectivity index (χ4v) is 3.39. The van der Waals surface area contributed by atoms with Crippen molar-refractivity contribution in [2.75, 3.05) is 31.3 Å². The quantitative estimate of drug-likeness (QED) is 0.297. The van der Waals surface area contributed by atoms with Crippen molar-refractivity contribution in [3.8, 4) is 17.0 Å². The lowest BCUT2D eigenvalue weighted by atomic mass is 9.98. The zero-order chi connectivity index (χ0) is 23.9. The highest BCUT2D eigenvalue weighted by atomic mass is 16.5. The Balaban J connectivity index is 1.42. The second-order valence-corrected chi connectivity index (χ2v) is 7.50. The van der Waals surface area contributed by atoms with Gasteiger partial charge < -0.3 is 20.7 Å². The summed E-state index contributed by atoms with van der Waals surface area (Å²) >= 11 is 0. The SMILES string of the molecule is CNC(=O)c1ccc([C@H](C)CNc2cc(-c3ccc(Nc4ncn[nH]4)nc3)ncn2)c(OC)c1. The van der Waals surface area contributed by atoms with Crippen molar-refractivity contribution in [1.29, 1.82) is 0 Å². The van der Waals surface area contributed by atoms with Crippen LogP contribution in [0.5, 0.6) is 5.75 Å². The van der Waals surface area contributed by atoms with Crippen LogP contribution in [0.3, 0.4) is 0 Å². The largest absolute Gasteiger partial charge is 0.496 e. The van der Waals surface area contributed by atoms with Gasteiger partial charge in [0.2, 0.25) is 5.95 Å². The van der Waals surface area contributed by atoms with Gasteiger partial charge in [-0.1, -0.05) is 13.0 Å². The summed E-state index contributed by atoms with van der Waals surface area (Å²) in [6.45, 7) is 2.70. The molecule has 1 amide bonds. The third-order valence-corrected chi connectivity index (χ3v) is 5.23. The number of aromatic amines is 1. The van der Waals surface area contributed by atoms with Gasteiger partial charge in [0.05, 0.1) is 12.8 Å². The molecule has 0 saturated heterocycles. The fraction of sp³-hybridized carbons (Fsp3) is 0.217. The summed E-state index contributed by atoms with van der Waals surface area (Å²) in [6, 6.07) is 11.1. The smallest absolute Gasteiger partial charge is 0.251 e. The van der Waals surface area contributed by atoms with Gasteiger partial charge in [-0.25, -0.2) is 20.1 Å². The van der Waals surface area contributed by atoms with Gasteiger partial charge >= 0.3 is 0 Å². The number of ether oxygens (including phenoxy) is 1. The zero-order valence-corrected chi connectivity index (χ0v) is 19.0. The maximum absolute atomic E-state index is 11.9. The Hall–Kier alpha value is -4.54. The van der Waals surface area contributed by atoms with Crippen LogP contribution in [0.1, 0.15) is 28.8 Å². The summed E-state index contributed by atoms with van der Waals surface area (Å²) in [5, 5.41) is 15.5. The summed E-state index contributed by atoms with van der Waals surface area (Å²) in [5.74, 6) is 2.47. The van der Waals surface area contributed by atoms with E-state index in [2.05, 4.69) is 53.0 Å². The lowest BCUT2D eigenvalue weighted by Crippen LogP contribution is -2.18. The molecule has 0 aliphatic heterocycles. The van der Waals surface area contributed by atoms with Crippen LogP contribution in [0.2, 0.25) is 0 Å². The van der Waals surface area contributed by atoms with Gasteiger partial charge in [-0.2, -0.15) is 10.1 Å². The van der Waals surface area contributed by atoms with Gasteiger partial charge in [-0.15, -0.1) is 0 Å². The number of nitrogens with zero attached hydrogens (tertiary/aromatic N) is 5. The lowest BCUT2D eigenvalue weighted by molar-refractivity contribution is 0.0962. The molecule has 0 aliphatic carbocycles. The molecule has 11 heteroatoms. The number of H-pyrrole nitrogens is 1. The van der Waals surface area contributed by atoms with Crippen LogP contribution in [0, 0.1) is 0 Å². The van der Waals surface area contributed by atoms with Gasteiger partial charge in [-0.05, 0) is 29.8 Å². The number of carbonyl (C=O) groups is 1. The Labute approximate surface area is 196 Å². The number of hydrogen-bond acceptors (Lipinski definition) is 9. The molecule has 0 bridgehead atoms. The number of amides is 1. The minimum Gasteiger partial charge on any atom is -0.496 e. The number of methoxy groups -OCH3 is 1. The standard InChI is InChI=1S/C23H25N9O2/c1-14(17-6-4-15(22(33)24-2)8-19(17)34-3)10-25-21-9-18(27-12-28-21)16-5-7-20(26-11-16)31-23-29-13-30-32-23/h4-9,11-14H,10H2,1-3H3,(H,24,33)(H,25,27,28)(H2,26,29,30,31,32)/t14-/m1/s1.